The Balaban J connectivity index is 1.64. The van der Waals surface area contributed by atoms with Crippen LogP contribution in [0.15, 0.2) is 65.3 Å². The lowest BCUT2D eigenvalue weighted by Gasteiger charge is -2.10. The molecule has 2 aromatic carbocycles. The van der Waals surface area contributed by atoms with Crippen molar-refractivity contribution in [3.63, 3.8) is 0 Å². The molecule has 0 unspecified atom stereocenters. The Bertz CT molecular complexity index is 760. The van der Waals surface area contributed by atoms with Gasteiger partial charge in [0.1, 0.15) is 11.9 Å². The SMILES string of the molecule is O=C(NCC[C@H](O)c1ccco1)c1cccc2ccccc12. The van der Waals surface area contributed by atoms with Crippen LogP contribution in [0.5, 0.6) is 0 Å². The zero-order chi connectivity index (χ0) is 15.4. The second-order valence-corrected chi connectivity index (χ2v) is 5.10. The monoisotopic (exact) mass is 295 g/mol. The predicted octanol–water partition coefficient (Wildman–Crippen LogP) is 3.29. The van der Waals surface area contributed by atoms with Crippen LogP contribution in [0, 0.1) is 0 Å². The number of amides is 1. The first kappa shape index (κ1) is 14.4. The summed E-state index contributed by atoms with van der Waals surface area (Å²) in [6.07, 6.45) is 1.22. The minimum absolute atomic E-state index is 0.136. The van der Waals surface area contributed by atoms with Crippen LogP contribution in [0.25, 0.3) is 10.8 Å². The van der Waals surface area contributed by atoms with Crippen molar-refractivity contribution in [2.24, 2.45) is 0 Å². The van der Waals surface area contributed by atoms with E-state index in [1.165, 1.54) is 6.26 Å². The van der Waals surface area contributed by atoms with Crippen LogP contribution in [0.1, 0.15) is 28.6 Å². The predicted molar refractivity (Wildman–Crippen MR) is 84.6 cm³/mol. The van der Waals surface area contributed by atoms with E-state index >= 15 is 0 Å². The molecule has 1 aromatic heterocycles. The number of carbonyl (C=O) groups excluding carboxylic acids is 1. The van der Waals surface area contributed by atoms with E-state index in [-0.39, 0.29) is 5.91 Å². The van der Waals surface area contributed by atoms with E-state index in [9.17, 15) is 9.90 Å². The number of fused-ring (bicyclic) bond motifs is 1. The van der Waals surface area contributed by atoms with E-state index in [0.29, 0.717) is 24.3 Å². The van der Waals surface area contributed by atoms with Crippen molar-refractivity contribution in [3.05, 3.63) is 72.2 Å². The van der Waals surface area contributed by atoms with E-state index in [2.05, 4.69) is 5.32 Å². The highest BCUT2D eigenvalue weighted by molar-refractivity contribution is 6.06. The summed E-state index contributed by atoms with van der Waals surface area (Å²) in [6, 6.07) is 16.9. The topological polar surface area (TPSA) is 62.5 Å². The van der Waals surface area contributed by atoms with Gasteiger partial charge in [-0.05, 0) is 35.4 Å². The van der Waals surface area contributed by atoms with E-state index in [1.807, 2.05) is 36.4 Å². The van der Waals surface area contributed by atoms with Crippen molar-refractivity contribution < 1.29 is 14.3 Å². The number of hydrogen-bond donors (Lipinski definition) is 2. The standard InChI is InChI=1S/C18H17NO3/c20-16(17-9-4-12-22-17)10-11-19-18(21)15-8-3-6-13-5-1-2-7-14(13)15/h1-9,12,16,20H,10-11H2,(H,19,21)/t16-/m0/s1. The van der Waals surface area contributed by atoms with E-state index in [4.69, 9.17) is 4.42 Å². The minimum Gasteiger partial charge on any atom is -0.467 e. The molecule has 2 N–H and O–H groups in total. The van der Waals surface area contributed by atoms with Crippen LogP contribution >= 0.6 is 0 Å². The zero-order valence-corrected chi connectivity index (χ0v) is 12.0. The quantitative estimate of drug-likeness (QED) is 0.759. The van der Waals surface area contributed by atoms with Crippen molar-refractivity contribution in [3.8, 4) is 0 Å². The molecule has 4 heteroatoms. The maximum atomic E-state index is 12.3. The molecule has 0 fully saturated rings. The van der Waals surface area contributed by atoms with E-state index < -0.39 is 6.10 Å². The van der Waals surface area contributed by atoms with Crippen LogP contribution in [0.3, 0.4) is 0 Å². The molecular weight excluding hydrogens is 278 g/mol. The van der Waals surface area contributed by atoms with Crippen molar-refractivity contribution in [2.75, 3.05) is 6.54 Å². The summed E-state index contributed by atoms with van der Waals surface area (Å²) < 4.78 is 5.13. The van der Waals surface area contributed by atoms with Gasteiger partial charge >= 0.3 is 0 Å². The molecule has 0 aliphatic rings. The first-order valence-corrected chi connectivity index (χ1v) is 7.23. The Hall–Kier alpha value is -2.59. The maximum absolute atomic E-state index is 12.3. The van der Waals surface area contributed by atoms with Crippen LogP contribution < -0.4 is 5.32 Å². The molecule has 3 aromatic rings. The summed E-state index contributed by atoms with van der Waals surface area (Å²) in [5, 5.41) is 14.7. The Kier molecular flexibility index (Phi) is 4.21. The molecule has 1 amide bonds. The van der Waals surface area contributed by atoms with Gasteiger partial charge in [-0.1, -0.05) is 36.4 Å². The van der Waals surface area contributed by atoms with Gasteiger partial charge in [0.2, 0.25) is 0 Å². The molecule has 0 saturated heterocycles. The number of furan rings is 1. The number of hydrogen-bond acceptors (Lipinski definition) is 3. The van der Waals surface area contributed by atoms with Crippen LogP contribution in [-0.2, 0) is 0 Å². The molecule has 1 atom stereocenters. The molecule has 0 aliphatic carbocycles. The first-order chi connectivity index (χ1) is 10.8. The highest BCUT2D eigenvalue weighted by atomic mass is 16.4. The number of carbonyl (C=O) groups is 1. The average molecular weight is 295 g/mol. The van der Waals surface area contributed by atoms with Gasteiger partial charge in [0.15, 0.2) is 0 Å². The molecule has 0 aliphatic heterocycles. The summed E-state index contributed by atoms with van der Waals surface area (Å²) in [5.74, 6) is 0.378. The van der Waals surface area contributed by atoms with Crippen molar-refractivity contribution in [1.82, 2.24) is 5.32 Å². The van der Waals surface area contributed by atoms with Gasteiger partial charge in [-0.2, -0.15) is 0 Å². The highest BCUT2D eigenvalue weighted by Gasteiger charge is 2.12. The Morgan fingerprint density at radius 1 is 1.09 bits per heavy atom. The van der Waals surface area contributed by atoms with Gasteiger partial charge in [0.25, 0.3) is 5.91 Å². The van der Waals surface area contributed by atoms with Gasteiger partial charge in [-0.15, -0.1) is 0 Å². The first-order valence-electron chi connectivity index (χ1n) is 7.23. The summed E-state index contributed by atoms with van der Waals surface area (Å²) >= 11 is 0. The largest absolute Gasteiger partial charge is 0.467 e. The lowest BCUT2D eigenvalue weighted by molar-refractivity contribution is 0.0937. The van der Waals surface area contributed by atoms with Crippen molar-refractivity contribution in [2.45, 2.75) is 12.5 Å². The van der Waals surface area contributed by atoms with Gasteiger partial charge in [0, 0.05) is 12.1 Å². The smallest absolute Gasteiger partial charge is 0.251 e. The van der Waals surface area contributed by atoms with Crippen molar-refractivity contribution in [1.29, 1.82) is 0 Å². The van der Waals surface area contributed by atoms with Gasteiger partial charge in [-0.25, -0.2) is 0 Å². The van der Waals surface area contributed by atoms with E-state index in [1.54, 1.807) is 18.2 Å². The molecular formula is C18H17NO3. The third kappa shape index (κ3) is 3.02. The second kappa shape index (κ2) is 6.45. The summed E-state index contributed by atoms with van der Waals surface area (Å²) in [4.78, 5) is 12.3. The molecule has 1 heterocycles. The number of nitrogens with one attached hydrogen (secondary N) is 1. The third-order valence-electron chi connectivity index (χ3n) is 3.61. The van der Waals surface area contributed by atoms with Crippen LogP contribution in [0.2, 0.25) is 0 Å². The number of rotatable bonds is 5. The molecule has 0 bridgehead atoms. The fourth-order valence-electron chi connectivity index (χ4n) is 2.46. The van der Waals surface area contributed by atoms with Crippen LogP contribution in [-0.4, -0.2) is 17.6 Å². The summed E-state index contributed by atoms with van der Waals surface area (Å²) in [7, 11) is 0. The van der Waals surface area contributed by atoms with E-state index in [0.717, 1.165) is 10.8 Å². The number of benzene rings is 2. The molecule has 0 saturated carbocycles. The minimum atomic E-state index is -0.706. The molecule has 4 nitrogen and oxygen atoms in total. The van der Waals surface area contributed by atoms with Crippen LogP contribution in [0.4, 0.5) is 0 Å². The maximum Gasteiger partial charge on any atom is 0.251 e. The zero-order valence-electron chi connectivity index (χ0n) is 12.0. The fraction of sp³-hybridized carbons (Fsp3) is 0.167. The molecule has 112 valence electrons. The van der Waals surface area contributed by atoms with Gasteiger partial charge < -0.3 is 14.8 Å². The van der Waals surface area contributed by atoms with Gasteiger partial charge in [-0.3, -0.25) is 4.79 Å². The fourth-order valence-corrected chi connectivity index (χ4v) is 2.46. The Morgan fingerprint density at radius 3 is 2.73 bits per heavy atom. The average Bonchev–Trinajstić information content (AvgIpc) is 3.08. The third-order valence-corrected chi connectivity index (χ3v) is 3.61. The lowest BCUT2D eigenvalue weighted by atomic mass is 10.0. The summed E-state index contributed by atoms with van der Waals surface area (Å²) in [5.41, 5.74) is 0.644. The van der Waals surface area contributed by atoms with Gasteiger partial charge in [0.05, 0.1) is 6.26 Å². The number of aliphatic hydroxyl groups excluding tert-OH is 1. The molecule has 3 rings (SSSR count). The summed E-state index contributed by atoms with van der Waals surface area (Å²) in [6.45, 7) is 0.379. The lowest BCUT2D eigenvalue weighted by Crippen LogP contribution is -2.25. The Labute approximate surface area is 128 Å². The van der Waals surface area contributed by atoms with Crippen molar-refractivity contribution >= 4 is 16.7 Å². The second-order valence-electron chi connectivity index (χ2n) is 5.10. The molecule has 0 radical (unpaired) electrons. The normalized spacial score (nSPS) is 12.2. The number of aliphatic hydroxyl groups is 1. The Morgan fingerprint density at radius 2 is 1.91 bits per heavy atom. The highest BCUT2D eigenvalue weighted by Crippen LogP contribution is 2.19. The molecule has 0 spiro atoms. The molecule has 22 heavy (non-hydrogen) atoms.